The number of nitrogens with two attached hydrogens (primary N) is 1. The molecule has 0 amide bonds. The van der Waals surface area contributed by atoms with Gasteiger partial charge in [0.2, 0.25) is 0 Å². The Morgan fingerprint density at radius 2 is 2.24 bits per heavy atom. The number of fused-ring (bicyclic) bond motifs is 1. The molecule has 0 radical (unpaired) electrons. The van der Waals surface area contributed by atoms with Gasteiger partial charge in [0.1, 0.15) is 5.65 Å². The summed E-state index contributed by atoms with van der Waals surface area (Å²) < 4.78 is 28.9. The number of anilines is 1. The number of nitrogens with zero attached hydrogens (tertiary/aromatic N) is 3. The van der Waals surface area contributed by atoms with E-state index in [1.54, 1.807) is 36.8 Å². The van der Waals surface area contributed by atoms with Gasteiger partial charge in [0.05, 0.1) is 6.20 Å². The Hall–Kier alpha value is -2.43. The molecule has 0 aromatic carbocycles. The minimum Gasteiger partial charge on any atom is -0.306 e. The first-order valence-electron chi connectivity index (χ1n) is 6.03. The maximum absolute atomic E-state index is 12.5. The number of hydrogen-bond donors (Lipinski definition) is 4. The summed E-state index contributed by atoms with van der Waals surface area (Å²) in [4.78, 5) is 4.13. The molecule has 0 spiro atoms. The molecule has 9 nitrogen and oxygen atoms in total. The Balaban J connectivity index is 2.01. The van der Waals surface area contributed by atoms with Gasteiger partial charge in [-0.1, -0.05) is 6.07 Å². The van der Waals surface area contributed by atoms with Gasteiger partial charge in [-0.25, -0.2) is 24.0 Å². The standard InChI is InChI=1S/C11H13N7O2S/c12-17-10-11(18-4-2-1-3-9(18)16-10)21(19,20)15-7-8-5-13-14-6-8/h1-6,15,17H,7,12H2,(H,13,14). The first-order chi connectivity index (χ1) is 10.1. The molecule has 0 unspecified atom stereocenters. The van der Waals surface area contributed by atoms with E-state index in [9.17, 15) is 8.42 Å². The number of pyridine rings is 1. The van der Waals surface area contributed by atoms with Crippen molar-refractivity contribution in [3.63, 3.8) is 0 Å². The van der Waals surface area contributed by atoms with E-state index in [4.69, 9.17) is 5.84 Å². The van der Waals surface area contributed by atoms with E-state index in [-0.39, 0.29) is 17.4 Å². The zero-order valence-corrected chi connectivity index (χ0v) is 11.6. The van der Waals surface area contributed by atoms with Crippen LogP contribution in [0.3, 0.4) is 0 Å². The Morgan fingerprint density at radius 3 is 2.95 bits per heavy atom. The SMILES string of the molecule is NNc1nc2ccccn2c1S(=O)(=O)NCc1cn[nH]c1. The summed E-state index contributed by atoms with van der Waals surface area (Å²) >= 11 is 0. The van der Waals surface area contributed by atoms with Crippen molar-refractivity contribution < 1.29 is 8.42 Å². The van der Waals surface area contributed by atoms with Crippen molar-refractivity contribution in [2.75, 3.05) is 5.43 Å². The molecule has 0 saturated heterocycles. The molecule has 10 heteroatoms. The average molecular weight is 307 g/mol. The van der Waals surface area contributed by atoms with Crippen LogP contribution in [0.1, 0.15) is 5.56 Å². The van der Waals surface area contributed by atoms with Crippen molar-refractivity contribution in [2.24, 2.45) is 5.84 Å². The largest absolute Gasteiger partial charge is 0.306 e. The van der Waals surface area contributed by atoms with Gasteiger partial charge in [-0.15, -0.1) is 0 Å². The Labute approximate surface area is 120 Å². The lowest BCUT2D eigenvalue weighted by Gasteiger charge is -2.07. The average Bonchev–Trinajstić information content (AvgIpc) is 3.12. The Bertz CT molecular complexity index is 854. The zero-order valence-electron chi connectivity index (χ0n) is 10.8. The first-order valence-corrected chi connectivity index (χ1v) is 7.51. The fourth-order valence-electron chi connectivity index (χ4n) is 1.95. The number of aromatic amines is 1. The highest BCUT2D eigenvalue weighted by Crippen LogP contribution is 2.21. The Kier molecular flexibility index (Phi) is 3.33. The summed E-state index contributed by atoms with van der Waals surface area (Å²) in [6.07, 6.45) is 4.76. The maximum atomic E-state index is 12.5. The van der Waals surface area contributed by atoms with Crippen LogP contribution in [-0.4, -0.2) is 28.0 Å². The summed E-state index contributed by atoms with van der Waals surface area (Å²) in [6, 6.07) is 5.16. The molecule has 0 aliphatic heterocycles. The highest BCUT2D eigenvalue weighted by atomic mass is 32.2. The quantitative estimate of drug-likeness (QED) is 0.382. The fraction of sp³-hybridized carbons (Fsp3) is 0.0909. The number of aromatic nitrogens is 4. The monoisotopic (exact) mass is 307 g/mol. The minimum atomic E-state index is -3.80. The van der Waals surface area contributed by atoms with E-state index in [0.29, 0.717) is 5.65 Å². The van der Waals surface area contributed by atoms with Crippen LogP contribution in [0.25, 0.3) is 5.65 Å². The van der Waals surface area contributed by atoms with E-state index in [1.165, 1.54) is 4.40 Å². The molecule has 3 rings (SSSR count). The van der Waals surface area contributed by atoms with Gasteiger partial charge in [-0.05, 0) is 12.1 Å². The number of H-pyrrole nitrogens is 1. The van der Waals surface area contributed by atoms with Crippen molar-refractivity contribution in [3.05, 3.63) is 42.4 Å². The first kappa shape index (κ1) is 13.5. The molecule has 0 fully saturated rings. The molecule has 3 aromatic rings. The van der Waals surface area contributed by atoms with Gasteiger partial charge in [0.15, 0.2) is 10.8 Å². The smallest absolute Gasteiger partial charge is 0.260 e. The minimum absolute atomic E-state index is 0.0379. The number of imidazole rings is 1. The molecule has 0 bridgehead atoms. The topological polar surface area (TPSA) is 130 Å². The lowest BCUT2D eigenvalue weighted by atomic mass is 10.4. The summed E-state index contributed by atoms with van der Waals surface area (Å²) in [6.45, 7) is 0.114. The normalized spacial score (nSPS) is 11.9. The summed E-state index contributed by atoms with van der Waals surface area (Å²) in [5.41, 5.74) is 3.51. The molecule has 0 saturated carbocycles. The second-order valence-electron chi connectivity index (χ2n) is 4.27. The van der Waals surface area contributed by atoms with E-state index in [2.05, 4.69) is 25.3 Å². The molecule has 0 atom stereocenters. The number of hydrogen-bond acceptors (Lipinski definition) is 6. The molecular formula is C11H13N7O2S. The number of sulfonamides is 1. The molecule has 3 heterocycles. The molecule has 5 N–H and O–H groups in total. The van der Waals surface area contributed by atoms with Crippen molar-refractivity contribution in [2.45, 2.75) is 11.6 Å². The van der Waals surface area contributed by atoms with Crippen LogP contribution in [0, 0.1) is 0 Å². The van der Waals surface area contributed by atoms with Gasteiger partial charge < -0.3 is 5.43 Å². The molecule has 21 heavy (non-hydrogen) atoms. The van der Waals surface area contributed by atoms with E-state index in [1.807, 2.05) is 0 Å². The highest BCUT2D eigenvalue weighted by Gasteiger charge is 2.24. The van der Waals surface area contributed by atoms with Crippen molar-refractivity contribution in [1.29, 1.82) is 0 Å². The Morgan fingerprint density at radius 1 is 1.38 bits per heavy atom. The maximum Gasteiger partial charge on any atom is 0.260 e. The second-order valence-corrected chi connectivity index (χ2v) is 5.95. The predicted molar refractivity (Wildman–Crippen MR) is 75.6 cm³/mol. The third-order valence-corrected chi connectivity index (χ3v) is 4.32. The lowest BCUT2D eigenvalue weighted by molar-refractivity contribution is 0.576. The fourth-order valence-corrected chi connectivity index (χ4v) is 3.21. The number of nitrogens with one attached hydrogen (secondary N) is 3. The van der Waals surface area contributed by atoms with Gasteiger partial charge in [-0.3, -0.25) is 9.50 Å². The number of hydrazine groups is 1. The second kappa shape index (κ2) is 5.16. The van der Waals surface area contributed by atoms with Crippen molar-refractivity contribution >= 4 is 21.5 Å². The van der Waals surface area contributed by atoms with Gasteiger partial charge in [0.25, 0.3) is 10.0 Å². The molecular weight excluding hydrogens is 294 g/mol. The third-order valence-electron chi connectivity index (χ3n) is 2.90. The highest BCUT2D eigenvalue weighted by molar-refractivity contribution is 7.89. The van der Waals surface area contributed by atoms with Crippen LogP contribution in [0.4, 0.5) is 5.82 Å². The van der Waals surface area contributed by atoms with Gasteiger partial charge in [-0.2, -0.15) is 5.10 Å². The lowest BCUT2D eigenvalue weighted by Crippen LogP contribution is -2.26. The summed E-state index contributed by atoms with van der Waals surface area (Å²) in [5, 5.41) is 6.34. The number of nitrogen functional groups attached to an aromatic ring is 1. The van der Waals surface area contributed by atoms with Crippen LogP contribution < -0.4 is 16.0 Å². The van der Waals surface area contributed by atoms with E-state index < -0.39 is 10.0 Å². The zero-order chi connectivity index (χ0) is 14.9. The van der Waals surface area contributed by atoms with Crippen molar-refractivity contribution in [1.82, 2.24) is 24.3 Å². The molecule has 0 aliphatic rings. The molecule has 0 aliphatic carbocycles. The van der Waals surface area contributed by atoms with Crippen molar-refractivity contribution in [3.8, 4) is 0 Å². The van der Waals surface area contributed by atoms with Gasteiger partial charge in [0, 0.05) is 24.5 Å². The number of rotatable bonds is 5. The van der Waals surface area contributed by atoms with Crippen LogP contribution in [0.2, 0.25) is 0 Å². The van der Waals surface area contributed by atoms with Gasteiger partial charge >= 0.3 is 0 Å². The molecule has 3 aromatic heterocycles. The van der Waals surface area contributed by atoms with E-state index >= 15 is 0 Å². The molecule has 110 valence electrons. The summed E-state index contributed by atoms with van der Waals surface area (Å²) in [5.74, 6) is 5.45. The van der Waals surface area contributed by atoms with E-state index in [0.717, 1.165) is 5.56 Å². The predicted octanol–water partition coefficient (Wildman–Crippen LogP) is -0.178. The summed E-state index contributed by atoms with van der Waals surface area (Å²) in [7, 11) is -3.80. The van der Waals surface area contributed by atoms with Crippen LogP contribution >= 0.6 is 0 Å². The van der Waals surface area contributed by atoms with Crippen LogP contribution in [0.5, 0.6) is 0 Å². The van der Waals surface area contributed by atoms with Crippen LogP contribution in [-0.2, 0) is 16.6 Å². The third kappa shape index (κ3) is 2.46. The van der Waals surface area contributed by atoms with Crippen LogP contribution in [0.15, 0.2) is 41.8 Å².